The summed E-state index contributed by atoms with van der Waals surface area (Å²) in [6, 6.07) is 20.1. The summed E-state index contributed by atoms with van der Waals surface area (Å²) in [4.78, 5) is 27.5. The number of hydrogen-bond donors (Lipinski definition) is 1. The van der Waals surface area contributed by atoms with Gasteiger partial charge in [0.15, 0.2) is 5.78 Å². The number of nitrogens with zero attached hydrogens (tertiary/aromatic N) is 1. The summed E-state index contributed by atoms with van der Waals surface area (Å²) in [7, 11) is 0. The van der Waals surface area contributed by atoms with E-state index in [2.05, 4.69) is 4.90 Å². The van der Waals surface area contributed by atoms with Crippen LogP contribution in [0.3, 0.4) is 0 Å². The molecule has 2 atom stereocenters. The van der Waals surface area contributed by atoms with E-state index in [0.717, 1.165) is 55.6 Å². The van der Waals surface area contributed by atoms with Gasteiger partial charge in [-0.15, -0.1) is 0 Å². The molecule has 1 unspecified atom stereocenters. The minimum atomic E-state index is -1.01. The van der Waals surface area contributed by atoms with E-state index in [1.807, 2.05) is 99.7 Å². The van der Waals surface area contributed by atoms with Gasteiger partial charge in [0.05, 0.1) is 12.5 Å². The molecule has 0 amide bonds. The Hall–Kier alpha value is -3.02. The lowest BCUT2D eigenvalue weighted by atomic mass is 9.72. The van der Waals surface area contributed by atoms with Gasteiger partial charge >= 0.3 is 5.97 Å². The third-order valence-corrected chi connectivity index (χ3v) is 8.84. The molecule has 2 aliphatic rings. The second-order valence-electron chi connectivity index (χ2n) is 11.3. The smallest absolute Gasteiger partial charge is 0.309 e. The first kappa shape index (κ1) is 29.0. The predicted octanol–water partition coefficient (Wildman–Crippen LogP) is 6.08. The van der Waals surface area contributed by atoms with Crippen LogP contribution in [0.5, 0.6) is 0 Å². The Balaban J connectivity index is 1.28. The molecule has 208 valence electrons. The zero-order valence-corrected chi connectivity index (χ0v) is 23.6. The first-order valence-electron chi connectivity index (χ1n) is 14.4. The number of allylic oxidation sites excluding steroid dienone is 4. The van der Waals surface area contributed by atoms with E-state index < -0.39 is 5.60 Å². The van der Waals surface area contributed by atoms with Crippen LogP contribution in [-0.2, 0) is 19.9 Å². The maximum Gasteiger partial charge on any atom is 0.309 e. The highest BCUT2D eigenvalue weighted by Gasteiger charge is 2.41. The summed E-state index contributed by atoms with van der Waals surface area (Å²) >= 11 is 0. The van der Waals surface area contributed by atoms with Crippen molar-refractivity contribution in [2.75, 3.05) is 26.2 Å². The van der Waals surface area contributed by atoms with Crippen LogP contribution >= 0.6 is 0 Å². The van der Waals surface area contributed by atoms with Crippen molar-refractivity contribution in [3.8, 4) is 0 Å². The Morgan fingerprint density at radius 1 is 1.05 bits per heavy atom. The van der Waals surface area contributed by atoms with Crippen molar-refractivity contribution in [1.29, 1.82) is 0 Å². The standard InChI is InChI=1S/C34H43NO4/c1-4-39-32(37)26(2)33(3)21-17-27(18-22-33)31(36)16-11-23-35-24-19-30(20-25-35)34(38,28-12-7-5-8-13-28)29-14-9-6-10-15-29/h5-10,12-15,17-18,21,26,30,38H,4,11,16,19-20,22-25H2,1-3H3/t26?,33-/m0/s1. The lowest BCUT2D eigenvalue weighted by Gasteiger charge is -2.42. The SMILES string of the molecule is CCOC(=O)C(C)[C@@]1(C)C=CC(C(=O)CCCN2CCC(C(O)(c3ccccc3)c3ccccc3)CC2)=CC1. The van der Waals surface area contributed by atoms with Crippen LogP contribution in [0.2, 0.25) is 0 Å². The minimum absolute atomic E-state index is 0.129. The Morgan fingerprint density at radius 2 is 1.64 bits per heavy atom. The van der Waals surface area contributed by atoms with Crippen molar-refractivity contribution in [2.24, 2.45) is 17.3 Å². The molecule has 2 aromatic carbocycles. The zero-order chi connectivity index (χ0) is 27.9. The fraction of sp³-hybridized carbons (Fsp3) is 0.471. The van der Waals surface area contributed by atoms with Gasteiger partial charge in [0.1, 0.15) is 5.60 Å². The number of esters is 1. The molecule has 0 aromatic heterocycles. The Bertz CT molecular complexity index is 1120. The molecule has 0 saturated carbocycles. The highest BCUT2D eigenvalue weighted by molar-refractivity contribution is 5.98. The van der Waals surface area contributed by atoms with E-state index >= 15 is 0 Å². The topological polar surface area (TPSA) is 66.8 Å². The van der Waals surface area contributed by atoms with Crippen LogP contribution in [0.15, 0.2) is 84.5 Å². The average molecular weight is 530 g/mol. The average Bonchev–Trinajstić information content (AvgIpc) is 2.98. The van der Waals surface area contributed by atoms with Crippen molar-refractivity contribution in [3.63, 3.8) is 0 Å². The molecular weight excluding hydrogens is 486 g/mol. The van der Waals surface area contributed by atoms with E-state index in [-0.39, 0.29) is 29.0 Å². The van der Waals surface area contributed by atoms with E-state index in [1.165, 1.54) is 0 Å². The van der Waals surface area contributed by atoms with Crippen molar-refractivity contribution in [2.45, 2.75) is 58.5 Å². The van der Waals surface area contributed by atoms with Gasteiger partial charge in [0, 0.05) is 17.4 Å². The number of rotatable bonds is 11. The highest BCUT2D eigenvalue weighted by Crippen LogP contribution is 2.42. The van der Waals surface area contributed by atoms with E-state index in [1.54, 1.807) is 0 Å². The summed E-state index contributed by atoms with van der Waals surface area (Å²) < 4.78 is 5.20. The van der Waals surface area contributed by atoms with Crippen LogP contribution in [0.1, 0.15) is 64.0 Å². The fourth-order valence-electron chi connectivity index (χ4n) is 6.01. The van der Waals surface area contributed by atoms with E-state index in [9.17, 15) is 14.7 Å². The van der Waals surface area contributed by atoms with Crippen LogP contribution in [0, 0.1) is 17.3 Å². The molecule has 5 nitrogen and oxygen atoms in total. The lowest BCUT2D eigenvalue weighted by molar-refractivity contribution is -0.150. The molecule has 1 saturated heterocycles. The molecule has 4 rings (SSSR count). The quantitative estimate of drug-likeness (QED) is 0.358. The van der Waals surface area contributed by atoms with Crippen LogP contribution < -0.4 is 0 Å². The van der Waals surface area contributed by atoms with Crippen molar-refractivity contribution >= 4 is 11.8 Å². The summed E-state index contributed by atoms with van der Waals surface area (Å²) in [6.45, 7) is 8.83. The second kappa shape index (κ2) is 12.9. The molecule has 39 heavy (non-hydrogen) atoms. The zero-order valence-electron chi connectivity index (χ0n) is 23.6. The third kappa shape index (κ3) is 6.59. The molecule has 2 aromatic rings. The summed E-state index contributed by atoms with van der Waals surface area (Å²) in [5.41, 5.74) is 1.30. The maximum atomic E-state index is 12.9. The van der Waals surface area contributed by atoms with Gasteiger partial charge in [-0.1, -0.05) is 92.7 Å². The van der Waals surface area contributed by atoms with Gasteiger partial charge in [-0.25, -0.2) is 0 Å². The van der Waals surface area contributed by atoms with Gasteiger partial charge in [-0.3, -0.25) is 9.59 Å². The number of hydrogen-bond acceptors (Lipinski definition) is 5. The molecule has 1 heterocycles. The number of likely N-dealkylation sites (tertiary alicyclic amines) is 1. The number of benzene rings is 2. The number of aliphatic hydroxyl groups is 1. The van der Waals surface area contributed by atoms with Crippen molar-refractivity contribution in [3.05, 3.63) is 95.6 Å². The van der Waals surface area contributed by atoms with E-state index in [0.29, 0.717) is 19.4 Å². The molecule has 1 aliphatic heterocycles. The van der Waals surface area contributed by atoms with Gasteiger partial charge in [-0.05, 0) is 69.3 Å². The number of ketones is 1. The van der Waals surface area contributed by atoms with Crippen LogP contribution in [0.25, 0.3) is 0 Å². The van der Waals surface area contributed by atoms with Crippen LogP contribution in [0.4, 0.5) is 0 Å². The molecule has 5 heteroatoms. The molecule has 1 fully saturated rings. The molecule has 1 aliphatic carbocycles. The molecular formula is C34H43NO4. The van der Waals surface area contributed by atoms with Gasteiger partial charge in [-0.2, -0.15) is 0 Å². The Labute approximate surface area is 233 Å². The van der Waals surface area contributed by atoms with Gasteiger partial charge in [0.25, 0.3) is 0 Å². The van der Waals surface area contributed by atoms with Crippen LogP contribution in [-0.4, -0.2) is 48.0 Å². The van der Waals surface area contributed by atoms with Crippen molar-refractivity contribution < 1.29 is 19.4 Å². The summed E-state index contributed by atoms with van der Waals surface area (Å²) in [5.74, 6) is -0.160. The van der Waals surface area contributed by atoms with Gasteiger partial charge in [0.2, 0.25) is 0 Å². The number of carbonyl (C=O) groups is 2. The molecule has 1 N–H and O–H groups in total. The Morgan fingerprint density at radius 3 is 2.15 bits per heavy atom. The number of Topliss-reactive ketones (excluding diaryl/α,β-unsaturated/α-hetero) is 1. The highest BCUT2D eigenvalue weighted by atomic mass is 16.5. The number of carbonyl (C=O) groups excluding carboxylic acids is 2. The maximum absolute atomic E-state index is 12.9. The normalized spacial score (nSPS) is 21.3. The minimum Gasteiger partial charge on any atom is -0.466 e. The third-order valence-electron chi connectivity index (χ3n) is 8.84. The monoisotopic (exact) mass is 529 g/mol. The first-order chi connectivity index (χ1) is 18.8. The number of piperidine rings is 1. The predicted molar refractivity (Wildman–Crippen MR) is 155 cm³/mol. The lowest BCUT2D eigenvalue weighted by Crippen LogP contribution is -2.44. The largest absolute Gasteiger partial charge is 0.466 e. The first-order valence-corrected chi connectivity index (χ1v) is 14.4. The summed E-state index contributed by atoms with van der Waals surface area (Å²) in [6.07, 6.45) is 9.67. The fourth-order valence-corrected chi connectivity index (χ4v) is 6.01. The number of ether oxygens (including phenoxy) is 1. The molecule has 0 spiro atoms. The molecule has 0 radical (unpaired) electrons. The second-order valence-corrected chi connectivity index (χ2v) is 11.3. The van der Waals surface area contributed by atoms with Crippen molar-refractivity contribution in [1.82, 2.24) is 4.90 Å². The van der Waals surface area contributed by atoms with E-state index in [4.69, 9.17) is 4.74 Å². The van der Waals surface area contributed by atoms with Gasteiger partial charge < -0.3 is 14.7 Å². The Kier molecular flexibility index (Phi) is 9.58. The summed E-state index contributed by atoms with van der Waals surface area (Å²) in [5, 5.41) is 12.1. The molecule has 0 bridgehead atoms.